The fourth-order valence-corrected chi connectivity index (χ4v) is 1.76. The highest BCUT2D eigenvalue weighted by atomic mass is 35.5. The van der Waals surface area contributed by atoms with Gasteiger partial charge in [-0.2, -0.15) is 5.26 Å². The highest BCUT2D eigenvalue weighted by Gasteiger charge is 2.10. The third-order valence-corrected chi connectivity index (χ3v) is 2.93. The molecule has 0 aliphatic heterocycles. The average Bonchev–Trinajstić information content (AvgIpc) is 2.96. The molecule has 1 amide bonds. The summed E-state index contributed by atoms with van der Waals surface area (Å²) in [6.45, 7) is 0.260. The molecular formula is C14H11ClN4O. The molecule has 2 N–H and O–H groups in total. The van der Waals surface area contributed by atoms with Crippen LogP contribution in [0.15, 0.2) is 42.2 Å². The number of nitrogens with zero attached hydrogens (tertiary/aromatic N) is 2. The predicted octanol–water partition coefficient (Wildman–Crippen LogP) is 2.29. The molecule has 1 heterocycles. The Kier molecular flexibility index (Phi) is 4.53. The molecule has 0 spiro atoms. The molecule has 20 heavy (non-hydrogen) atoms. The van der Waals surface area contributed by atoms with Crippen LogP contribution in [0.2, 0.25) is 5.02 Å². The Bertz CT molecular complexity index is 671. The van der Waals surface area contributed by atoms with Crippen LogP contribution in [-0.4, -0.2) is 15.9 Å². The van der Waals surface area contributed by atoms with Crippen LogP contribution in [0.25, 0.3) is 6.08 Å². The number of nitrogens with one attached hydrogen (secondary N) is 2. The molecule has 0 saturated carbocycles. The number of aromatic amines is 1. The SMILES string of the molecule is N#C/C(=C\c1ncc[nH]1)C(=O)NCc1ccccc1Cl. The minimum atomic E-state index is -0.469. The lowest BCUT2D eigenvalue weighted by Gasteiger charge is -2.05. The summed E-state index contributed by atoms with van der Waals surface area (Å²) in [6, 6.07) is 9.04. The van der Waals surface area contributed by atoms with Crippen molar-refractivity contribution in [2.24, 2.45) is 0 Å². The van der Waals surface area contributed by atoms with Gasteiger partial charge in [0.25, 0.3) is 5.91 Å². The maximum Gasteiger partial charge on any atom is 0.262 e. The van der Waals surface area contributed by atoms with Crippen molar-refractivity contribution in [1.82, 2.24) is 15.3 Å². The standard InChI is InChI=1S/C14H11ClN4O/c15-12-4-2-1-3-10(12)9-19-14(20)11(8-16)7-13-17-5-6-18-13/h1-7H,9H2,(H,17,18)(H,19,20)/b11-7+. The summed E-state index contributed by atoms with van der Waals surface area (Å²) in [5.74, 6) is -0.0155. The summed E-state index contributed by atoms with van der Waals surface area (Å²) in [6.07, 6.45) is 4.55. The Morgan fingerprint density at radius 3 is 2.95 bits per heavy atom. The van der Waals surface area contributed by atoms with Gasteiger partial charge in [0, 0.05) is 30.0 Å². The van der Waals surface area contributed by atoms with Gasteiger partial charge in [-0.15, -0.1) is 0 Å². The van der Waals surface area contributed by atoms with Crippen molar-refractivity contribution in [2.45, 2.75) is 6.54 Å². The molecule has 5 nitrogen and oxygen atoms in total. The topological polar surface area (TPSA) is 81.6 Å². The van der Waals surface area contributed by atoms with Crippen molar-refractivity contribution in [1.29, 1.82) is 5.26 Å². The summed E-state index contributed by atoms with van der Waals surface area (Å²) in [5, 5.41) is 12.2. The first-order valence-electron chi connectivity index (χ1n) is 5.83. The van der Waals surface area contributed by atoms with Crippen LogP contribution in [0.4, 0.5) is 0 Å². The van der Waals surface area contributed by atoms with Gasteiger partial charge in [0.2, 0.25) is 0 Å². The van der Waals surface area contributed by atoms with Crippen molar-refractivity contribution in [3.63, 3.8) is 0 Å². The summed E-state index contributed by atoms with van der Waals surface area (Å²) in [5.41, 5.74) is 0.768. The first kappa shape index (κ1) is 13.8. The second-order valence-electron chi connectivity index (χ2n) is 3.92. The fraction of sp³-hybridized carbons (Fsp3) is 0.0714. The number of imidazole rings is 1. The molecule has 1 aromatic heterocycles. The van der Waals surface area contributed by atoms with E-state index in [9.17, 15) is 4.79 Å². The summed E-state index contributed by atoms with van der Waals surface area (Å²) < 4.78 is 0. The fourth-order valence-electron chi connectivity index (χ4n) is 1.55. The summed E-state index contributed by atoms with van der Waals surface area (Å²) in [7, 11) is 0. The van der Waals surface area contributed by atoms with Crippen LogP contribution in [-0.2, 0) is 11.3 Å². The second kappa shape index (κ2) is 6.55. The van der Waals surface area contributed by atoms with Crippen LogP contribution in [0.3, 0.4) is 0 Å². The van der Waals surface area contributed by atoms with Crippen molar-refractivity contribution >= 4 is 23.6 Å². The third-order valence-electron chi connectivity index (χ3n) is 2.56. The first-order chi connectivity index (χ1) is 9.70. The van der Waals surface area contributed by atoms with E-state index >= 15 is 0 Å². The molecule has 0 aliphatic rings. The Morgan fingerprint density at radius 1 is 1.50 bits per heavy atom. The number of rotatable bonds is 4. The number of halogens is 1. The molecule has 0 bridgehead atoms. The lowest BCUT2D eigenvalue weighted by Crippen LogP contribution is -2.24. The molecule has 1 aromatic carbocycles. The highest BCUT2D eigenvalue weighted by molar-refractivity contribution is 6.31. The van der Waals surface area contributed by atoms with E-state index in [1.54, 1.807) is 18.5 Å². The first-order valence-corrected chi connectivity index (χ1v) is 6.21. The number of hydrogen-bond donors (Lipinski definition) is 2. The minimum Gasteiger partial charge on any atom is -0.347 e. The van der Waals surface area contributed by atoms with Crippen LogP contribution in [0, 0.1) is 11.3 Å². The maximum absolute atomic E-state index is 11.9. The Balaban J connectivity index is 2.04. The zero-order valence-corrected chi connectivity index (χ0v) is 11.2. The molecule has 0 aliphatic carbocycles. The van der Waals surface area contributed by atoms with E-state index in [0.29, 0.717) is 10.8 Å². The van der Waals surface area contributed by atoms with Crippen LogP contribution in [0.5, 0.6) is 0 Å². The Hall–Kier alpha value is -2.58. The van der Waals surface area contributed by atoms with Crippen molar-refractivity contribution in [2.75, 3.05) is 0 Å². The number of hydrogen-bond acceptors (Lipinski definition) is 3. The van der Waals surface area contributed by atoms with Crippen molar-refractivity contribution < 1.29 is 4.79 Å². The number of carbonyl (C=O) groups is 1. The van der Waals surface area contributed by atoms with E-state index in [1.807, 2.05) is 24.3 Å². The molecule has 2 aromatic rings. The van der Waals surface area contributed by atoms with E-state index in [1.165, 1.54) is 6.08 Å². The number of benzene rings is 1. The van der Waals surface area contributed by atoms with Gasteiger partial charge in [0.1, 0.15) is 17.5 Å². The van der Waals surface area contributed by atoms with E-state index in [0.717, 1.165) is 5.56 Å². The quantitative estimate of drug-likeness (QED) is 0.668. The van der Waals surface area contributed by atoms with Gasteiger partial charge in [-0.1, -0.05) is 29.8 Å². The van der Waals surface area contributed by atoms with Crippen LogP contribution < -0.4 is 5.32 Å². The van der Waals surface area contributed by atoms with Gasteiger partial charge in [0.05, 0.1) is 0 Å². The summed E-state index contributed by atoms with van der Waals surface area (Å²) in [4.78, 5) is 18.6. The number of carbonyl (C=O) groups excluding carboxylic acids is 1. The number of aromatic nitrogens is 2. The van der Waals surface area contributed by atoms with Gasteiger partial charge in [-0.05, 0) is 11.6 Å². The lowest BCUT2D eigenvalue weighted by molar-refractivity contribution is -0.117. The maximum atomic E-state index is 11.9. The zero-order valence-electron chi connectivity index (χ0n) is 10.4. The van der Waals surface area contributed by atoms with E-state index in [-0.39, 0.29) is 12.1 Å². The molecule has 0 radical (unpaired) electrons. The zero-order chi connectivity index (χ0) is 14.4. The second-order valence-corrected chi connectivity index (χ2v) is 4.33. The molecular weight excluding hydrogens is 276 g/mol. The number of H-pyrrole nitrogens is 1. The molecule has 0 unspecified atom stereocenters. The molecule has 0 fully saturated rings. The van der Waals surface area contributed by atoms with Gasteiger partial charge >= 0.3 is 0 Å². The Morgan fingerprint density at radius 2 is 2.30 bits per heavy atom. The van der Waals surface area contributed by atoms with Gasteiger partial charge in [-0.25, -0.2) is 4.98 Å². The van der Waals surface area contributed by atoms with E-state index in [2.05, 4.69) is 15.3 Å². The summed E-state index contributed by atoms with van der Waals surface area (Å²) >= 11 is 5.99. The largest absolute Gasteiger partial charge is 0.347 e. The van der Waals surface area contributed by atoms with Crippen LogP contribution >= 0.6 is 11.6 Å². The van der Waals surface area contributed by atoms with Crippen molar-refractivity contribution in [3.05, 3.63) is 58.6 Å². The van der Waals surface area contributed by atoms with Gasteiger partial charge < -0.3 is 10.3 Å². The number of nitriles is 1. The van der Waals surface area contributed by atoms with Gasteiger partial charge in [0.15, 0.2) is 0 Å². The predicted molar refractivity (Wildman–Crippen MR) is 75.5 cm³/mol. The van der Waals surface area contributed by atoms with Gasteiger partial charge in [-0.3, -0.25) is 4.79 Å². The number of amides is 1. The monoisotopic (exact) mass is 286 g/mol. The minimum absolute atomic E-state index is 0.0213. The molecule has 2 rings (SSSR count). The van der Waals surface area contributed by atoms with Crippen LogP contribution in [0.1, 0.15) is 11.4 Å². The highest BCUT2D eigenvalue weighted by Crippen LogP contribution is 2.14. The molecule has 100 valence electrons. The third kappa shape index (κ3) is 3.46. The lowest BCUT2D eigenvalue weighted by atomic mass is 10.2. The molecule has 6 heteroatoms. The molecule has 0 atom stereocenters. The average molecular weight is 287 g/mol. The normalized spacial score (nSPS) is 10.9. The van der Waals surface area contributed by atoms with E-state index < -0.39 is 5.91 Å². The Labute approximate surface area is 120 Å². The van der Waals surface area contributed by atoms with Crippen molar-refractivity contribution in [3.8, 4) is 6.07 Å². The molecule has 0 saturated heterocycles. The van der Waals surface area contributed by atoms with E-state index in [4.69, 9.17) is 16.9 Å². The smallest absolute Gasteiger partial charge is 0.262 e.